The predicted molar refractivity (Wildman–Crippen MR) is 77.0 cm³/mol. The van der Waals surface area contributed by atoms with E-state index in [2.05, 4.69) is 15.0 Å². The van der Waals surface area contributed by atoms with Crippen LogP contribution in [0.25, 0.3) is 10.9 Å². The second-order valence-corrected chi connectivity index (χ2v) is 5.12. The summed E-state index contributed by atoms with van der Waals surface area (Å²) in [5.41, 5.74) is 8.70. The van der Waals surface area contributed by atoms with Crippen LogP contribution in [-0.2, 0) is 0 Å². The summed E-state index contributed by atoms with van der Waals surface area (Å²) in [5.74, 6) is 0. The maximum absolute atomic E-state index is 6.05. The van der Waals surface area contributed by atoms with Crippen LogP contribution in [0.5, 0.6) is 0 Å². The van der Waals surface area contributed by atoms with Crippen LogP contribution < -0.4 is 5.73 Å². The molecule has 94 valence electrons. The Labute approximate surface area is 115 Å². The molecule has 0 aliphatic heterocycles. The van der Waals surface area contributed by atoms with Crippen molar-refractivity contribution in [2.75, 3.05) is 5.73 Å². The predicted octanol–water partition coefficient (Wildman–Crippen LogP) is 3.07. The smallest absolute Gasteiger partial charge is 0.125 e. The van der Waals surface area contributed by atoms with Crippen LogP contribution >= 0.6 is 11.8 Å². The number of rotatable bonds is 2. The average Bonchev–Trinajstić information content (AvgIpc) is 2.44. The number of aromatic nitrogens is 3. The van der Waals surface area contributed by atoms with E-state index in [9.17, 15) is 0 Å². The summed E-state index contributed by atoms with van der Waals surface area (Å²) in [6, 6.07) is 9.81. The Morgan fingerprint density at radius 2 is 1.84 bits per heavy atom. The highest BCUT2D eigenvalue weighted by Gasteiger charge is 2.09. The molecule has 0 amide bonds. The van der Waals surface area contributed by atoms with Gasteiger partial charge in [0.1, 0.15) is 16.4 Å². The third kappa shape index (κ3) is 2.24. The van der Waals surface area contributed by atoms with Gasteiger partial charge in [-0.25, -0.2) is 15.0 Å². The van der Waals surface area contributed by atoms with E-state index < -0.39 is 0 Å². The highest BCUT2D eigenvalue weighted by atomic mass is 32.2. The fourth-order valence-electron chi connectivity index (χ4n) is 1.78. The molecular formula is C14H12N4S. The van der Waals surface area contributed by atoms with Crippen molar-refractivity contribution in [2.24, 2.45) is 0 Å². The molecule has 1 aromatic carbocycles. The van der Waals surface area contributed by atoms with Crippen molar-refractivity contribution in [1.29, 1.82) is 0 Å². The van der Waals surface area contributed by atoms with E-state index in [0.29, 0.717) is 5.69 Å². The van der Waals surface area contributed by atoms with Crippen molar-refractivity contribution in [3.63, 3.8) is 0 Å². The van der Waals surface area contributed by atoms with Gasteiger partial charge in [0.15, 0.2) is 0 Å². The third-order valence-electron chi connectivity index (χ3n) is 2.87. The van der Waals surface area contributed by atoms with Gasteiger partial charge in [0.2, 0.25) is 0 Å². The van der Waals surface area contributed by atoms with Crippen molar-refractivity contribution in [1.82, 2.24) is 15.0 Å². The molecule has 4 nitrogen and oxygen atoms in total. The highest BCUT2D eigenvalue weighted by molar-refractivity contribution is 7.99. The van der Waals surface area contributed by atoms with Crippen LogP contribution in [0.4, 0.5) is 5.69 Å². The first-order chi connectivity index (χ1) is 9.25. The maximum atomic E-state index is 6.05. The van der Waals surface area contributed by atoms with Crippen molar-refractivity contribution in [3.8, 4) is 0 Å². The summed E-state index contributed by atoms with van der Waals surface area (Å²) in [6.45, 7) is 1.97. The number of pyridine rings is 1. The normalized spacial score (nSPS) is 10.8. The van der Waals surface area contributed by atoms with Crippen LogP contribution in [0.3, 0.4) is 0 Å². The van der Waals surface area contributed by atoms with Gasteiger partial charge in [-0.3, -0.25) is 0 Å². The van der Waals surface area contributed by atoms with Gasteiger partial charge < -0.3 is 5.73 Å². The minimum Gasteiger partial charge on any atom is -0.396 e. The largest absolute Gasteiger partial charge is 0.396 e. The molecule has 3 aromatic rings. The van der Waals surface area contributed by atoms with E-state index in [1.807, 2.05) is 37.3 Å². The molecule has 0 aliphatic carbocycles. The van der Waals surface area contributed by atoms with Crippen LogP contribution in [-0.4, -0.2) is 15.0 Å². The molecular weight excluding hydrogens is 256 g/mol. The topological polar surface area (TPSA) is 64.7 Å². The van der Waals surface area contributed by atoms with E-state index in [0.717, 1.165) is 26.5 Å². The molecule has 2 N–H and O–H groups in total. The number of anilines is 1. The fourth-order valence-corrected chi connectivity index (χ4v) is 2.73. The van der Waals surface area contributed by atoms with E-state index >= 15 is 0 Å². The second kappa shape index (κ2) is 4.85. The van der Waals surface area contributed by atoms with Crippen molar-refractivity contribution >= 4 is 28.4 Å². The number of nitrogens with two attached hydrogens (primary N) is 1. The highest BCUT2D eigenvalue weighted by Crippen LogP contribution is 2.33. The van der Waals surface area contributed by atoms with Gasteiger partial charge in [-0.15, -0.1) is 0 Å². The molecule has 0 atom stereocenters. The number of benzene rings is 1. The molecule has 3 rings (SSSR count). The lowest BCUT2D eigenvalue weighted by Crippen LogP contribution is -1.95. The van der Waals surface area contributed by atoms with E-state index in [1.165, 1.54) is 11.8 Å². The minimum absolute atomic E-state index is 0.704. The van der Waals surface area contributed by atoms with Gasteiger partial charge in [0.05, 0.1) is 11.2 Å². The van der Waals surface area contributed by atoms with E-state index in [-0.39, 0.29) is 0 Å². The molecule has 2 heterocycles. The minimum atomic E-state index is 0.704. The maximum Gasteiger partial charge on any atom is 0.125 e. The van der Waals surface area contributed by atoms with Gasteiger partial charge in [-0.1, -0.05) is 18.2 Å². The van der Waals surface area contributed by atoms with Gasteiger partial charge in [-0.05, 0) is 36.4 Å². The Morgan fingerprint density at radius 1 is 1.00 bits per heavy atom. The number of para-hydroxylation sites is 1. The van der Waals surface area contributed by atoms with E-state index in [1.54, 1.807) is 12.5 Å². The number of nitrogens with zero attached hydrogens (tertiary/aromatic N) is 3. The molecule has 0 bridgehead atoms. The van der Waals surface area contributed by atoms with Gasteiger partial charge in [-0.2, -0.15) is 0 Å². The lowest BCUT2D eigenvalue weighted by Gasteiger charge is -2.07. The van der Waals surface area contributed by atoms with Gasteiger partial charge in [0.25, 0.3) is 0 Å². The van der Waals surface area contributed by atoms with Crippen LogP contribution in [0.1, 0.15) is 5.56 Å². The van der Waals surface area contributed by atoms with Crippen LogP contribution in [0.15, 0.2) is 52.9 Å². The number of nitrogen functional groups attached to an aromatic ring is 1. The number of hydrogen-bond donors (Lipinski definition) is 1. The lowest BCUT2D eigenvalue weighted by atomic mass is 10.2. The molecule has 0 spiro atoms. The first kappa shape index (κ1) is 11.9. The van der Waals surface area contributed by atoms with E-state index in [4.69, 9.17) is 5.73 Å². The zero-order valence-corrected chi connectivity index (χ0v) is 11.2. The second-order valence-electron chi connectivity index (χ2n) is 4.14. The first-order valence-corrected chi connectivity index (χ1v) is 6.66. The molecule has 0 saturated heterocycles. The quantitative estimate of drug-likeness (QED) is 0.724. The molecule has 2 aromatic heterocycles. The number of aryl methyl sites for hydroxylation is 1. The first-order valence-electron chi connectivity index (χ1n) is 5.84. The van der Waals surface area contributed by atoms with Crippen LogP contribution in [0.2, 0.25) is 0 Å². The molecule has 0 radical (unpaired) electrons. The SMILES string of the molecule is Cc1ccnc(Sc2ncnc3ccccc23)c1N. The lowest BCUT2D eigenvalue weighted by molar-refractivity contribution is 1.08. The monoisotopic (exact) mass is 268 g/mol. The van der Waals surface area contributed by atoms with Crippen molar-refractivity contribution in [3.05, 3.63) is 48.4 Å². The summed E-state index contributed by atoms with van der Waals surface area (Å²) in [7, 11) is 0. The van der Waals surface area contributed by atoms with Crippen LogP contribution in [0, 0.1) is 6.92 Å². The summed E-state index contributed by atoms with van der Waals surface area (Å²) in [4.78, 5) is 12.9. The summed E-state index contributed by atoms with van der Waals surface area (Å²) >= 11 is 1.47. The summed E-state index contributed by atoms with van der Waals surface area (Å²) in [5, 5.41) is 2.66. The van der Waals surface area contributed by atoms with Crippen molar-refractivity contribution in [2.45, 2.75) is 17.0 Å². The molecule has 0 saturated carbocycles. The molecule has 0 aliphatic rings. The third-order valence-corrected chi connectivity index (χ3v) is 3.91. The number of hydrogen-bond acceptors (Lipinski definition) is 5. The average molecular weight is 268 g/mol. The molecule has 0 fully saturated rings. The van der Waals surface area contributed by atoms with Crippen molar-refractivity contribution < 1.29 is 0 Å². The Hall–Kier alpha value is -2.14. The molecule has 0 unspecified atom stereocenters. The molecule has 5 heteroatoms. The number of fused-ring (bicyclic) bond motifs is 1. The summed E-state index contributed by atoms with van der Waals surface area (Å²) < 4.78 is 0. The fraction of sp³-hybridized carbons (Fsp3) is 0.0714. The Kier molecular flexibility index (Phi) is 3.05. The Morgan fingerprint density at radius 3 is 2.74 bits per heavy atom. The zero-order chi connectivity index (χ0) is 13.2. The summed E-state index contributed by atoms with van der Waals surface area (Å²) in [6.07, 6.45) is 3.33. The molecule has 19 heavy (non-hydrogen) atoms. The van der Waals surface area contributed by atoms with Gasteiger partial charge in [0, 0.05) is 11.6 Å². The Bertz CT molecular complexity index is 737. The Balaban J connectivity index is 2.09. The standard InChI is InChI=1S/C14H12N4S/c1-9-6-7-16-14(12(9)15)19-13-10-4-2-3-5-11(10)17-8-18-13/h2-8H,15H2,1H3. The van der Waals surface area contributed by atoms with Gasteiger partial charge >= 0.3 is 0 Å². The zero-order valence-electron chi connectivity index (χ0n) is 10.4.